The monoisotopic (exact) mass is 368 g/mol. The summed E-state index contributed by atoms with van der Waals surface area (Å²) in [6.45, 7) is 2.74. The van der Waals surface area contributed by atoms with E-state index in [-0.39, 0.29) is 17.5 Å². The Labute approximate surface area is 155 Å². The maximum Gasteiger partial charge on any atom is 0.254 e. The number of hydrogen-bond acceptors (Lipinski definition) is 3. The van der Waals surface area contributed by atoms with Crippen LogP contribution in [0, 0.1) is 18.6 Å². The van der Waals surface area contributed by atoms with E-state index in [1.54, 1.807) is 4.90 Å². The smallest absolute Gasteiger partial charge is 0.254 e. The fraction of sp³-hybridized carbons (Fsp3) is 0.250. The summed E-state index contributed by atoms with van der Waals surface area (Å²) in [6.07, 6.45) is 0.564. The van der Waals surface area contributed by atoms with E-state index >= 15 is 0 Å². The molecule has 0 saturated carbocycles. The van der Waals surface area contributed by atoms with Crippen molar-refractivity contribution in [2.45, 2.75) is 25.9 Å². The lowest BCUT2D eigenvalue weighted by Crippen LogP contribution is -2.43. The van der Waals surface area contributed by atoms with Gasteiger partial charge in [0, 0.05) is 18.5 Å². The first kappa shape index (κ1) is 17.3. The molecule has 2 aromatic carbocycles. The topological polar surface area (TPSA) is 51.0 Å². The number of rotatable bonds is 3. The maximum absolute atomic E-state index is 13.6. The van der Waals surface area contributed by atoms with Gasteiger partial charge in [-0.05, 0) is 30.7 Å². The summed E-state index contributed by atoms with van der Waals surface area (Å²) in [5.74, 6) is -0.997. The second-order valence-electron chi connectivity index (χ2n) is 6.57. The molecule has 0 spiro atoms. The summed E-state index contributed by atoms with van der Waals surface area (Å²) in [5.41, 5.74) is 1.18. The average molecular weight is 368 g/mol. The second-order valence-corrected chi connectivity index (χ2v) is 6.57. The summed E-state index contributed by atoms with van der Waals surface area (Å²) in [6, 6.07) is 12.7. The lowest BCUT2D eigenvalue weighted by Gasteiger charge is -2.35. The number of aromatic nitrogens is 3. The molecule has 3 aromatic rings. The molecule has 0 N–H and O–H groups in total. The van der Waals surface area contributed by atoms with Gasteiger partial charge in [0.15, 0.2) is 11.6 Å². The van der Waals surface area contributed by atoms with Gasteiger partial charge in [-0.2, -0.15) is 5.10 Å². The normalized spacial score (nSPS) is 16.3. The third-order valence-electron chi connectivity index (χ3n) is 4.73. The molecular weight excluding hydrogens is 350 g/mol. The van der Waals surface area contributed by atoms with Crippen molar-refractivity contribution in [1.29, 1.82) is 0 Å². The van der Waals surface area contributed by atoms with Crippen molar-refractivity contribution in [2.24, 2.45) is 0 Å². The van der Waals surface area contributed by atoms with Gasteiger partial charge >= 0.3 is 0 Å². The van der Waals surface area contributed by atoms with Crippen molar-refractivity contribution in [1.82, 2.24) is 19.7 Å². The predicted molar refractivity (Wildman–Crippen MR) is 95.0 cm³/mol. The van der Waals surface area contributed by atoms with Crippen LogP contribution in [-0.2, 0) is 13.0 Å². The average Bonchev–Trinajstić information content (AvgIpc) is 3.05. The van der Waals surface area contributed by atoms with Gasteiger partial charge in [-0.3, -0.25) is 4.79 Å². The quantitative estimate of drug-likeness (QED) is 0.713. The van der Waals surface area contributed by atoms with Crippen molar-refractivity contribution >= 4 is 5.91 Å². The highest BCUT2D eigenvalue weighted by Gasteiger charge is 2.34. The van der Waals surface area contributed by atoms with Crippen LogP contribution in [0.25, 0.3) is 0 Å². The van der Waals surface area contributed by atoms with Crippen LogP contribution in [0.2, 0.25) is 0 Å². The molecule has 138 valence electrons. The van der Waals surface area contributed by atoms with Crippen LogP contribution in [0.4, 0.5) is 8.78 Å². The molecule has 1 amide bonds. The Kier molecular flexibility index (Phi) is 4.43. The Morgan fingerprint density at radius 1 is 1.11 bits per heavy atom. The van der Waals surface area contributed by atoms with E-state index in [9.17, 15) is 13.6 Å². The minimum Gasteiger partial charge on any atom is -0.326 e. The van der Waals surface area contributed by atoms with Crippen LogP contribution < -0.4 is 0 Å². The lowest BCUT2D eigenvalue weighted by molar-refractivity contribution is 0.0607. The van der Waals surface area contributed by atoms with E-state index in [1.807, 2.05) is 41.9 Å². The fourth-order valence-electron chi connectivity index (χ4n) is 3.46. The third-order valence-corrected chi connectivity index (χ3v) is 4.73. The van der Waals surface area contributed by atoms with E-state index < -0.39 is 11.6 Å². The first-order valence-corrected chi connectivity index (χ1v) is 8.74. The van der Waals surface area contributed by atoms with E-state index in [0.717, 1.165) is 17.7 Å². The molecule has 7 heteroatoms. The highest BCUT2D eigenvalue weighted by molar-refractivity contribution is 5.94. The number of nitrogens with zero attached hydrogens (tertiary/aromatic N) is 4. The molecule has 27 heavy (non-hydrogen) atoms. The van der Waals surface area contributed by atoms with Crippen LogP contribution in [0.1, 0.15) is 33.6 Å². The standard InChI is InChI=1S/C20H18F2N4O/c1-13-23-19-18(11-14-5-3-2-4-6-14)25(9-10-26(19)24-13)20(27)15-7-8-16(21)17(22)12-15/h2-8,12,18H,9-11H2,1H3/t18-/m0/s1. The molecule has 4 rings (SSSR count). The zero-order chi connectivity index (χ0) is 19.0. The molecule has 1 aliphatic rings. The number of hydrogen-bond donors (Lipinski definition) is 0. The number of carbonyl (C=O) groups is 1. The number of amides is 1. The molecule has 0 unspecified atom stereocenters. The Bertz CT molecular complexity index is 987. The number of carbonyl (C=O) groups excluding carboxylic acids is 1. The van der Waals surface area contributed by atoms with Crippen molar-refractivity contribution in [2.75, 3.05) is 6.54 Å². The number of aryl methyl sites for hydroxylation is 1. The molecule has 0 fully saturated rings. The highest BCUT2D eigenvalue weighted by Crippen LogP contribution is 2.29. The van der Waals surface area contributed by atoms with Crippen LogP contribution >= 0.6 is 0 Å². The summed E-state index contributed by atoms with van der Waals surface area (Å²) in [7, 11) is 0. The van der Waals surface area contributed by atoms with E-state index in [2.05, 4.69) is 10.1 Å². The Morgan fingerprint density at radius 2 is 1.89 bits per heavy atom. The lowest BCUT2D eigenvalue weighted by atomic mass is 10.0. The van der Waals surface area contributed by atoms with Gasteiger partial charge < -0.3 is 4.90 Å². The van der Waals surface area contributed by atoms with Crippen LogP contribution in [0.3, 0.4) is 0 Å². The van der Waals surface area contributed by atoms with Crippen molar-refractivity contribution < 1.29 is 13.6 Å². The second kappa shape index (κ2) is 6.90. The van der Waals surface area contributed by atoms with Gasteiger partial charge in [0.25, 0.3) is 5.91 Å². The minimum atomic E-state index is -1.03. The van der Waals surface area contributed by atoms with Crippen LogP contribution in [0.5, 0.6) is 0 Å². The molecule has 0 saturated heterocycles. The van der Waals surface area contributed by atoms with Gasteiger partial charge in [-0.1, -0.05) is 30.3 Å². The highest BCUT2D eigenvalue weighted by atomic mass is 19.2. The minimum absolute atomic E-state index is 0.122. The van der Waals surface area contributed by atoms with E-state index in [0.29, 0.717) is 31.2 Å². The van der Waals surface area contributed by atoms with Crippen molar-refractivity contribution in [3.05, 3.63) is 82.9 Å². The fourth-order valence-corrected chi connectivity index (χ4v) is 3.46. The zero-order valence-electron chi connectivity index (χ0n) is 14.8. The van der Waals surface area contributed by atoms with E-state index in [1.165, 1.54) is 6.07 Å². The maximum atomic E-state index is 13.6. The number of halogens is 2. The summed E-state index contributed by atoms with van der Waals surface area (Å²) in [5, 5.41) is 4.39. The van der Waals surface area contributed by atoms with Crippen LogP contribution in [-0.4, -0.2) is 32.1 Å². The van der Waals surface area contributed by atoms with Gasteiger partial charge in [-0.15, -0.1) is 0 Å². The van der Waals surface area contributed by atoms with E-state index in [4.69, 9.17) is 0 Å². The molecule has 1 atom stereocenters. The first-order valence-electron chi connectivity index (χ1n) is 8.74. The van der Waals surface area contributed by atoms with Crippen molar-refractivity contribution in [3.8, 4) is 0 Å². The Hall–Kier alpha value is -3.09. The molecule has 1 aromatic heterocycles. The molecule has 5 nitrogen and oxygen atoms in total. The van der Waals surface area contributed by atoms with Gasteiger partial charge in [0.05, 0.1) is 12.6 Å². The van der Waals surface area contributed by atoms with Crippen molar-refractivity contribution in [3.63, 3.8) is 0 Å². The first-order chi connectivity index (χ1) is 13.0. The summed E-state index contributed by atoms with van der Waals surface area (Å²) in [4.78, 5) is 19.2. The SMILES string of the molecule is Cc1nc2n(n1)CCN(C(=O)c1ccc(F)c(F)c1)[C@H]2Cc1ccccc1. The summed E-state index contributed by atoms with van der Waals surface area (Å²) < 4.78 is 28.7. The van der Waals surface area contributed by atoms with Crippen LogP contribution in [0.15, 0.2) is 48.5 Å². The summed E-state index contributed by atoms with van der Waals surface area (Å²) >= 11 is 0. The molecule has 0 aliphatic carbocycles. The largest absolute Gasteiger partial charge is 0.326 e. The number of fused-ring (bicyclic) bond motifs is 1. The zero-order valence-corrected chi connectivity index (χ0v) is 14.8. The molecule has 2 heterocycles. The number of benzene rings is 2. The third kappa shape index (κ3) is 3.32. The molecule has 0 bridgehead atoms. The molecule has 1 aliphatic heterocycles. The molecular formula is C20H18F2N4O. The molecule has 0 radical (unpaired) electrons. The Balaban J connectivity index is 1.71. The predicted octanol–water partition coefficient (Wildman–Crippen LogP) is 3.30. The van der Waals surface area contributed by atoms with Gasteiger partial charge in [0.1, 0.15) is 11.6 Å². The van der Waals surface area contributed by atoms with Gasteiger partial charge in [0.2, 0.25) is 0 Å². The Morgan fingerprint density at radius 3 is 2.63 bits per heavy atom. The van der Waals surface area contributed by atoms with Gasteiger partial charge in [-0.25, -0.2) is 18.4 Å².